The number of aromatic nitrogens is 2. The van der Waals surface area contributed by atoms with Crippen LogP contribution in [0.2, 0.25) is 0 Å². The van der Waals surface area contributed by atoms with Crippen molar-refractivity contribution in [3.63, 3.8) is 0 Å². The minimum Gasteiger partial charge on any atom is -0.344 e. The van der Waals surface area contributed by atoms with Gasteiger partial charge in [0.25, 0.3) is 5.56 Å². The SMILES string of the molecule is CCCc1cc(=O)[nH]c(SCC(=O)NC(c2ccc(C)cc2)c2cccs2)n1. The average Bonchev–Trinajstić information content (AvgIpc) is 3.20. The van der Waals surface area contributed by atoms with E-state index in [0.717, 1.165) is 29.0 Å². The first-order valence-corrected chi connectivity index (χ1v) is 11.0. The zero-order valence-corrected chi connectivity index (χ0v) is 17.5. The van der Waals surface area contributed by atoms with Crippen molar-refractivity contribution in [2.75, 3.05) is 5.75 Å². The number of carbonyl (C=O) groups excluding carboxylic acids is 1. The van der Waals surface area contributed by atoms with E-state index < -0.39 is 0 Å². The number of aromatic amines is 1. The summed E-state index contributed by atoms with van der Waals surface area (Å²) in [5.74, 6) is 0.0826. The number of hydrogen-bond donors (Lipinski definition) is 2. The number of hydrogen-bond acceptors (Lipinski definition) is 5. The molecular formula is C21H23N3O2S2. The van der Waals surface area contributed by atoms with Crippen LogP contribution < -0.4 is 10.9 Å². The van der Waals surface area contributed by atoms with E-state index in [1.807, 2.05) is 55.6 Å². The molecule has 1 amide bonds. The molecule has 2 N–H and O–H groups in total. The molecular weight excluding hydrogens is 390 g/mol. The molecule has 0 saturated heterocycles. The molecule has 7 heteroatoms. The summed E-state index contributed by atoms with van der Waals surface area (Å²) < 4.78 is 0. The number of benzene rings is 1. The first kappa shape index (κ1) is 20.4. The molecule has 0 spiro atoms. The third-order valence-corrected chi connectivity index (χ3v) is 5.97. The zero-order valence-electron chi connectivity index (χ0n) is 15.9. The van der Waals surface area contributed by atoms with E-state index in [1.165, 1.54) is 23.4 Å². The van der Waals surface area contributed by atoms with Crippen molar-refractivity contribution in [1.82, 2.24) is 15.3 Å². The van der Waals surface area contributed by atoms with Crippen molar-refractivity contribution >= 4 is 29.0 Å². The van der Waals surface area contributed by atoms with Crippen molar-refractivity contribution in [2.24, 2.45) is 0 Å². The van der Waals surface area contributed by atoms with Gasteiger partial charge in [-0.1, -0.05) is 61.0 Å². The standard InChI is InChI=1S/C21H23N3O2S2/c1-3-5-16-12-18(25)24-21(22-16)28-13-19(26)23-20(17-6-4-11-27-17)15-9-7-14(2)8-10-15/h4,6-12,20H,3,5,13H2,1-2H3,(H,23,26)(H,22,24,25). The lowest BCUT2D eigenvalue weighted by molar-refractivity contribution is -0.119. The van der Waals surface area contributed by atoms with Crippen LogP contribution in [0, 0.1) is 6.92 Å². The largest absolute Gasteiger partial charge is 0.344 e. The van der Waals surface area contributed by atoms with Crippen molar-refractivity contribution in [3.8, 4) is 0 Å². The lowest BCUT2D eigenvalue weighted by Gasteiger charge is -2.18. The molecule has 0 aliphatic rings. The highest BCUT2D eigenvalue weighted by Gasteiger charge is 2.18. The molecule has 1 aromatic carbocycles. The number of nitrogens with zero attached hydrogens (tertiary/aromatic N) is 1. The molecule has 1 unspecified atom stereocenters. The summed E-state index contributed by atoms with van der Waals surface area (Å²) >= 11 is 2.86. The lowest BCUT2D eigenvalue weighted by Crippen LogP contribution is -2.30. The number of H-pyrrole nitrogens is 1. The van der Waals surface area contributed by atoms with Gasteiger partial charge in [0, 0.05) is 16.6 Å². The van der Waals surface area contributed by atoms with Crippen LogP contribution in [-0.4, -0.2) is 21.6 Å². The van der Waals surface area contributed by atoms with Gasteiger partial charge < -0.3 is 10.3 Å². The second-order valence-corrected chi connectivity index (χ2v) is 8.45. The first-order valence-electron chi connectivity index (χ1n) is 9.17. The topological polar surface area (TPSA) is 74.8 Å². The predicted molar refractivity (Wildman–Crippen MR) is 115 cm³/mol. The van der Waals surface area contributed by atoms with E-state index in [-0.39, 0.29) is 23.3 Å². The van der Waals surface area contributed by atoms with E-state index >= 15 is 0 Å². The number of rotatable bonds is 8. The maximum Gasteiger partial charge on any atom is 0.251 e. The second kappa shape index (κ2) is 9.71. The second-order valence-electron chi connectivity index (χ2n) is 6.51. The van der Waals surface area contributed by atoms with Crippen LogP contribution in [0.3, 0.4) is 0 Å². The Bertz CT molecular complexity index is 966. The third kappa shape index (κ3) is 5.56. The maximum absolute atomic E-state index is 12.6. The van der Waals surface area contributed by atoms with Crippen LogP contribution >= 0.6 is 23.1 Å². The van der Waals surface area contributed by atoms with Crippen molar-refractivity contribution < 1.29 is 4.79 Å². The number of nitrogens with one attached hydrogen (secondary N) is 2. The highest BCUT2D eigenvalue weighted by molar-refractivity contribution is 7.99. The number of carbonyl (C=O) groups is 1. The van der Waals surface area contributed by atoms with Crippen LogP contribution in [0.25, 0.3) is 0 Å². The van der Waals surface area contributed by atoms with Crippen molar-refractivity contribution in [3.05, 3.63) is 79.9 Å². The van der Waals surface area contributed by atoms with Crippen LogP contribution in [0.5, 0.6) is 0 Å². The molecule has 146 valence electrons. The molecule has 0 aliphatic heterocycles. The summed E-state index contributed by atoms with van der Waals surface area (Å²) in [6.07, 6.45) is 1.66. The van der Waals surface area contributed by atoms with Crippen molar-refractivity contribution in [1.29, 1.82) is 0 Å². The van der Waals surface area contributed by atoms with Gasteiger partial charge in [0.15, 0.2) is 5.16 Å². The summed E-state index contributed by atoms with van der Waals surface area (Å²) in [4.78, 5) is 32.6. The predicted octanol–water partition coefficient (Wildman–Crippen LogP) is 4.09. The Hall–Kier alpha value is -2.38. The highest BCUT2D eigenvalue weighted by Crippen LogP contribution is 2.26. The Labute approximate surface area is 172 Å². The highest BCUT2D eigenvalue weighted by atomic mass is 32.2. The Morgan fingerprint density at radius 3 is 2.75 bits per heavy atom. The van der Waals surface area contributed by atoms with Gasteiger partial charge in [-0.25, -0.2) is 4.98 Å². The molecule has 3 rings (SSSR count). The van der Waals surface area contributed by atoms with E-state index in [0.29, 0.717) is 5.16 Å². The molecule has 0 fully saturated rings. The Kier molecular flexibility index (Phi) is 7.06. The number of amides is 1. The summed E-state index contributed by atoms with van der Waals surface area (Å²) in [7, 11) is 0. The van der Waals surface area contributed by atoms with E-state index in [4.69, 9.17) is 0 Å². The van der Waals surface area contributed by atoms with E-state index in [2.05, 4.69) is 15.3 Å². The van der Waals surface area contributed by atoms with Gasteiger partial charge in [-0.2, -0.15) is 0 Å². The van der Waals surface area contributed by atoms with Crippen LogP contribution in [0.15, 0.2) is 57.8 Å². The molecule has 0 radical (unpaired) electrons. The molecule has 0 saturated carbocycles. The molecule has 2 heterocycles. The molecule has 0 aliphatic carbocycles. The van der Waals surface area contributed by atoms with Crippen LogP contribution in [0.4, 0.5) is 0 Å². The third-order valence-electron chi connectivity index (χ3n) is 4.16. The lowest BCUT2D eigenvalue weighted by atomic mass is 10.0. The van der Waals surface area contributed by atoms with Crippen molar-refractivity contribution in [2.45, 2.75) is 37.9 Å². The van der Waals surface area contributed by atoms with Gasteiger partial charge in [0.2, 0.25) is 5.91 Å². The van der Waals surface area contributed by atoms with E-state index in [1.54, 1.807) is 11.3 Å². The van der Waals surface area contributed by atoms with Gasteiger partial charge in [0.05, 0.1) is 11.8 Å². The van der Waals surface area contributed by atoms with Gasteiger partial charge in [-0.3, -0.25) is 9.59 Å². The van der Waals surface area contributed by atoms with Crippen LogP contribution in [0.1, 0.15) is 41.1 Å². The summed E-state index contributed by atoms with van der Waals surface area (Å²) in [5.41, 5.74) is 2.79. The minimum atomic E-state index is -0.188. The Balaban J connectivity index is 1.69. The maximum atomic E-state index is 12.6. The van der Waals surface area contributed by atoms with Gasteiger partial charge in [-0.15, -0.1) is 11.3 Å². The molecule has 2 aromatic heterocycles. The number of aryl methyl sites for hydroxylation is 2. The average molecular weight is 414 g/mol. The fourth-order valence-electron chi connectivity index (χ4n) is 2.81. The minimum absolute atomic E-state index is 0.104. The summed E-state index contributed by atoms with van der Waals surface area (Å²) in [6, 6.07) is 13.5. The Morgan fingerprint density at radius 1 is 1.29 bits per heavy atom. The zero-order chi connectivity index (χ0) is 19.9. The van der Waals surface area contributed by atoms with Crippen LogP contribution in [-0.2, 0) is 11.2 Å². The molecule has 3 aromatic rings. The van der Waals surface area contributed by atoms with E-state index in [9.17, 15) is 9.59 Å². The monoisotopic (exact) mass is 413 g/mol. The fraction of sp³-hybridized carbons (Fsp3) is 0.286. The normalized spacial score (nSPS) is 11.9. The number of thiophene rings is 1. The van der Waals surface area contributed by atoms with Gasteiger partial charge in [-0.05, 0) is 30.4 Å². The van der Waals surface area contributed by atoms with Gasteiger partial charge >= 0.3 is 0 Å². The summed E-state index contributed by atoms with van der Waals surface area (Å²) in [6.45, 7) is 4.08. The van der Waals surface area contributed by atoms with Gasteiger partial charge in [0.1, 0.15) is 0 Å². The molecule has 0 bridgehead atoms. The molecule has 28 heavy (non-hydrogen) atoms. The number of thioether (sulfide) groups is 1. The molecule has 1 atom stereocenters. The smallest absolute Gasteiger partial charge is 0.251 e. The molecule has 5 nitrogen and oxygen atoms in total. The summed E-state index contributed by atoms with van der Waals surface area (Å²) in [5, 5.41) is 5.60. The Morgan fingerprint density at radius 2 is 2.07 bits per heavy atom. The first-order chi connectivity index (χ1) is 13.5. The quantitative estimate of drug-likeness (QED) is 0.431. The fourth-order valence-corrected chi connectivity index (χ4v) is 4.31.